The average Bonchev–Trinajstić information content (AvgIpc) is 3.46. The van der Waals surface area contributed by atoms with Crippen molar-refractivity contribution in [2.45, 2.75) is 15.2 Å². The summed E-state index contributed by atoms with van der Waals surface area (Å²) in [7, 11) is 0. The lowest BCUT2D eigenvalue weighted by atomic mass is 9.67. The van der Waals surface area contributed by atoms with Gasteiger partial charge in [-0.2, -0.15) is 0 Å². The molecule has 0 spiro atoms. The van der Waals surface area contributed by atoms with Gasteiger partial charge >= 0.3 is 0 Å². The Morgan fingerprint density at radius 1 is 0.333 bits per heavy atom. The van der Waals surface area contributed by atoms with Crippen molar-refractivity contribution in [2.75, 3.05) is 0 Å². The third kappa shape index (κ3) is 3.98. The molecule has 0 nitrogen and oxygen atoms in total. The summed E-state index contributed by atoms with van der Waals surface area (Å²) in [5.41, 5.74) is 15.0. The van der Waals surface area contributed by atoms with E-state index >= 15 is 0 Å². The highest BCUT2D eigenvalue weighted by molar-refractivity contribution is 7.99. The zero-order chi connectivity index (χ0) is 31.7. The zero-order valence-electron chi connectivity index (χ0n) is 26.2. The van der Waals surface area contributed by atoms with Crippen molar-refractivity contribution in [3.05, 3.63) is 204 Å². The van der Waals surface area contributed by atoms with Crippen LogP contribution < -0.4 is 0 Å². The third-order valence-electron chi connectivity index (χ3n) is 10.3. The highest BCUT2D eigenvalue weighted by atomic mass is 32.2. The number of fused-ring (bicyclic) bond motifs is 5. The van der Waals surface area contributed by atoms with Gasteiger partial charge in [-0.1, -0.05) is 163 Å². The van der Waals surface area contributed by atoms with Crippen molar-refractivity contribution in [1.82, 2.24) is 0 Å². The van der Waals surface area contributed by atoms with Crippen LogP contribution in [-0.4, -0.2) is 0 Å². The van der Waals surface area contributed by atoms with E-state index in [4.69, 9.17) is 0 Å². The topological polar surface area (TPSA) is 0 Å². The van der Waals surface area contributed by atoms with E-state index in [1.165, 1.54) is 87.3 Å². The van der Waals surface area contributed by atoms with Gasteiger partial charge in [0.15, 0.2) is 0 Å². The van der Waals surface area contributed by atoms with Crippen LogP contribution in [0.15, 0.2) is 192 Å². The summed E-state index contributed by atoms with van der Waals surface area (Å²) in [5.74, 6) is 0. The Balaban J connectivity index is 1.13. The monoisotopic (exact) mass is 626 g/mol. The molecule has 224 valence electrons. The minimum absolute atomic E-state index is 0.407. The molecule has 0 N–H and O–H groups in total. The molecule has 8 aromatic rings. The standard InChI is InChI=1S/C47H30S/c1-3-16-36(17-4-1)47(37-18-5-2-6-19-37)42-22-8-7-20-38(42)39-26-24-35(30-43(39)47)33-15-9-14-32(28-33)34-25-27-44-41(29-34)40-21-10-12-31-13-11-23-45(48-44)46(31)40/h1-30H. The fourth-order valence-corrected chi connectivity index (χ4v) is 9.37. The second-order valence-electron chi connectivity index (χ2n) is 12.8. The van der Waals surface area contributed by atoms with E-state index in [0.717, 1.165) is 0 Å². The quantitative estimate of drug-likeness (QED) is 0.187. The summed E-state index contributed by atoms with van der Waals surface area (Å²) in [6.07, 6.45) is 0. The minimum Gasteiger partial charge on any atom is -0.0888 e. The molecule has 2 aliphatic rings. The molecule has 0 amide bonds. The Hall–Kier alpha value is -5.63. The Labute approximate surface area is 285 Å². The van der Waals surface area contributed by atoms with Crippen LogP contribution >= 0.6 is 11.8 Å². The van der Waals surface area contributed by atoms with E-state index in [-0.39, 0.29) is 0 Å². The summed E-state index contributed by atoms with van der Waals surface area (Å²) in [6, 6.07) is 67.5. The molecule has 48 heavy (non-hydrogen) atoms. The van der Waals surface area contributed by atoms with Gasteiger partial charge in [-0.25, -0.2) is 0 Å². The predicted octanol–water partition coefficient (Wildman–Crippen LogP) is 12.7. The van der Waals surface area contributed by atoms with Gasteiger partial charge in [0.05, 0.1) is 5.41 Å². The molecule has 1 heterocycles. The number of hydrogen-bond acceptors (Lipinski definition) is 1. The van der Waals surface area contributed by atoms with Crippen molar-refractivity contribution >= 4 is 22.5 Å². The maximum absolute atomic E-state index is 2.45. The van der Waals surface area contributed by atoms with Crippen molar-refractivity contribution in [2.24, 2.45) is 0 Å². The van der Waals surface area contributed by atoms with Gasteiger partial charge in [-0.3, -0.25) is 0 Å². The van der Waals surface area contributed by atoms with Gasteiger partial charge in [-0.15, -0.1) is 0 Å². The number of rotatable bonds is 4. The third-order valence-corrected chi connectivity index (χ3v) is 11.5. The van der Waals surface area contributed by atoms with Crippen LogP contribution in [0.3, 0.4) is 0 Å². The highest BCUT2D eigenvalue weighted by Crippen LogP contribution is 2.57. The van der Waals surface area contributed by atoms with Gasteiger partial charge < -0.3 is 0 Å². The van der Waals surface area contributed by atoms with E-state index in [1.807, 2.05) is 11.8 Å². The van der Waals surface area contributed by atoms with Gasteiger partial charge in [0, 0.05) is 15.2 Å². The van der Waals surface area contributed by atoms with E-state index in [9.17, 15) is 0 Å². The van der Waals surface area contributed by atoms with Crippen LogP contribution in [0.25, 0.3) is 55.3 Å². The second kappa shape index (κ2) is 10.7. The summed E-state index contributed by atoms with van der Waals surface area (Å²) in [6.45, 7) is 0. The lowest BCUT2D eigenvalue weighted by molar-refractivity contribution is 0.769. The van der Waals surface area contributed by atoms with E-state index in [1.54, 1.807) is 0 Å². The van der Waals surface area contributed by atoms with Gasteiger partial charge in [-0.05, 0) is 102 Å². The largest absolute Gasteiger partial charge is 0.0888 e. The van der Waals surface area contributed by atoms with E-state index in [2.05, 4.69) is 182 Å². The second-order valence-corrected chi connectivity index (χ2v) is 13.9. The first-order valence-electron chi connectivity index (χ1n) is 16.6. The molecule has 0 bridgehead atoms. The lowest BCUT2D eigenvalue weighted by Gasteiger charge is -2.34. The molecule has 1 aliphatic heterocycles. The Kier molecular flexibility index (Phi) is 6.13. The molecule has 0 atom stereocenters. The Morgan fingerprint density at radius 3 is 1.69 bits per heavy atom. The van der Waals surface area contributed by atoms with Gasteiger partial charge in [0.2, 0.25) is 0 Å². The fraction of sp³-hybridized carbons (Fsp3) is 0.0213. The van der Waals surface area contributed by atoms with Crippen LogP contribution in [-0.2, 0) is 5.41 Å². The SMILES string of the molecule is c1ccc(C2(c3ccccc3)c3ccccc3-c3ccc(-c4cccc(-c5ccc6c(c5)-c5cccc7cccc(c57)S6)c4)cc32)cc1. The minimum atomic E-state index is -0.407. The van der Waals surface area contributed by atoms with Crippen molar-refractivity contribution in [3.8, 4) is 44.5 Å². The molecular weight excluding hydrogens is 597 g/mol. The first kappa shape index (κ1) is 27.5. The highest BCUT2D eigenvalue weighted by Gasteiger charge is 2.46. The molecule has 1 aliphatic carbocycles. The summed E-state index contributed by atoms with van der Waals surface area (Å²) in [5, 5.41) is 2.67. The van der Waals surface area contributed by atoms with Gasteiger partial charge in [0.1, 0.15) is 0 Å². The Morgan fingerprint density at radius 2 is 0.917 bits per heavy atom. The van der Waals surface area contributed by atoms with E-state index < -0.39 is 5.41 Å². The number of hydrogen-bond donors (Lipinski definition) is 0. The normalized spacial score (nSPS) is 13.5. The summed E-state index contributed by atoms with van der Waals surface area (Å²) < 4.78 is 0. The average molecular weight is 627 g/mol. The van der Waals surface area contributed by atoms with Crippen molar-refractivity contribution < 1.29 is 0 Å². The smallest absolute Gasteiger partial charge is 0.0713 e. The van der Waals surface area contributed by atoms with Crippen LogP contribution in [0.4, 0.5) is 0 Å². The van der Waals surface area contributed by atoms with Crippen LogP contribution in [0.2, 0.25) is 0 Å². The molecule has 0 saturated carbocycles. The molecular formula is C47H30S. The summed E-state index contributed by atoms with van der Waals surface area (Å²) in [4.78, 5) is 2.66. The van der Waals surface area contributed by atoms with Crippen LogP contribution in [0.1, 0.15) is 22.3 Å². The van der Waals surface area contributed by atoms with Crippen LogP contribution in [0.5, 0.6) is 0 Å². The molecule has 0 saturated heterocycles. The first-order chi connectivity index (χ1) is 23.8. The lowest BCUT2D eigenvalue weighted by Crippen LogP contribution is -2.28. The van der Waals surface area contributed by atoms with Crippen LogP contribution in [0, 0.1) is 0 Å². The fourth-order valence-electron chi connectivity index (χ4n) is 8.25. The maximum Gasteiger partial charge on any atom is 0.0713 e. The van der Waals surface area contributed by atoms with Crippen molar-refractivity contribution in [1.29, 1.82) is 0 Å². The summed E-state index contributed by atoms with van der Waals surface area (Å²) >= 11 is 1.88. The van der Waals surface area contributed by atoms with E-state index in [0.29, 0.717) is 0 Å². The van der Waals surface area contributed by atoms with Crippen molar-refractivity contribution in [3.63, 3.8) is 0 Å². The predicted molar refractivity (Wildman–Crippen MR) is 202 cm³/mol. The maximum atomic E-state index is 2.45. The van der Waals surface area contributed by atoms with Gasteiger partial charge in [0.25, 0.3) is 0 Å². The molecule has 1 heteroatoms. The zero-order valence-corrected chi connectivity index (χ0v) is 27.0. The molecule has 8 aromatic carbocycles. The molecule has 0 aromatic heterocycles. The first-order valence-corrected chi connectivity index (χ1v) is 17.4. The molecule has 0 unspecified atom stereocenters. The molecule has 0 fully saturated rings. The Bertz CT molecular complexity index is 2480. The molecule has 0 radical (unpaired) electrons. The molecule has 10 rings (SSSR count). The number of benzene rings is 8.